The minimum atomic E-state index is 0.358. The van der Waals surface area contributed by atoms with Crippen LogP contribution in [-0.4, -0.2) is 40.5 Å². The Bertz CT molecular complexity index is 868. The number of rotatable bonds is 3. The van der Waals surface area contributed by atoms with Gasteiger partial charge in [-0.2, -0.15) is 9.47 Å². The Morgan fingerprint density at radius 2 is 2.00 bits per heavy atom. The van der Waals surface area contributed by atoms with Crippen molar-refractivity contribution < 1.29 is 9.95 Å². The van der Waals surface area contributed by atoms with Crippen LogP contribution in [0.4, 0.5) is 11.4 Å². The standard InChI is InChI=1S/C16H16N4O2/c1-18(2)12-6-4-5-11(9-12)16-17-14-8-7-13(19(3)21)10-15(14)20(16)22/h4-10,22H,3H2,1-2H3. The number of imidazole rings is 1. The van der Waals surface area contributed by atoms with Gasteiger partial charge in [-0.3, -0.25) is 0 Å². The summed E-state index contributed by atoms with van der Waals surface area (Å²) in [6.45, 7) is 3.30. The maximum absolute atomic E-state index is 11.3. The molecule has 0 fully saturated rings. The molecule has 6 heteroatoms. The number of anilines is 1. The Labute approximate surface area is 127 Å². The van der Waals surface area contributed by atoms with Crippen molar-refractivity contribution in [1.82, 2.24) is 9.71 Å². The van der Waals surface area contributed by atoms with E-state index in [1.807, 2.05) is 43.3 Å². The monoisotopic (exact) mass is 296 g/mol. The van der Waals surface area contributed by atoms with Gasteiger partial charge in [-0.25, -0.2) is 4.98 Å². The summed E-state index contributed by atoms with van der Waals surface area (Å²) in [4.78, 5) is 6.41. The largest absolute Gasteiger partial charge is 0.619 e. The quantitative estimate of drug-likeness (QED) is 0.265. The van der Waals surface area contributed by atoms with E-state index in [0.717, 1.165) is 16.0 Å². The van der Waals surface area contributed by atoms with Crippen LogP contribution in [0.25, 0.3) is 22.4 Å². The van der Waals surface area contributed by atoms with Crippen LogP contribution in [0.3, 0.4) is 0 Å². The highest BCUT2D eigenvalue weighted by Crippen LogP contribution is 2.28. The molecule has 0 atom stereocenters. The molecule has 3 aromatic rings. The second-order valence-corrected chi connectivity index (χ2v) is 5.24. The molecule has 0 saturated carbocycles. The Balaban J connectivity index is 2.17. The first-order valence-corrected chi connectivity index (χ1v) is 6.74. The van der Waals surface area contributed by atoms with Gasteiger partial charge >= 0.3 is 0 Å². The van der Waals surface area contributed by atoms with Crippen molar-refractivity contribution in [3.05, 3.63) is 47.7 Å². The normalized spacial score (nSPS) is 10.8. The molecule has 1 N–H and O–H groups in total. The van der Waals surface area contributed by atoms with Crippen LogP contribution >= 0.6 is 0 Å². The first-order chi connectivity index (χ1) is 10.5. The molecule has 0 aliphatic rings. The van der Waals surface area contributed by atoms with Crippen molar-refractivity contribution in [3.8, 4) is 11.4 Å². The lowest BCUT2D eigenvalue weighted by atomic mass is 10.2. The summed E-state index contributed by atoms with van der Waals surface area (Å²) in [7, 11) is 3.90. The number of aromatic nitrogens is 2. The van der Waals surface area contributed by atoms with E-state index in [4.69, 9.17) is 0 Å². The van der Waals surface area contributed by atoms with Gasteiger partial charge in [0.15, 0.2) is 5.82 Å². The van der Waals surface area contributed by atoms with Crippen LogP contribution in [0.1, 0.15) is 0 Å². The zero-order valence-electron chi connectivity index (χ0n) is 12.4. The minimum Gasteiger partial charge on any atom is -0.619 e. The summed E-state index contributed by atoms with van der Waals surface area (Å²) >= 11 is 0. The van der Waals surface area contributed by atoms with E-state index in [1.54, 1.807) is 18.2 Å². The van der Waals surface area contributed by atoms with E-state index in [9.17, 15) is 10.4 Å². The smallest absolute Gasteiger partial charge is 0.218 e. The lowest BCUT2D eigenvalue weighted by Gasteiger charge is -2.13. The molecule has 0 spiro atoms. The van der Waals surface area contributed by atoms with Crippen molar-refractivity contribution in [2.75, 3.05) is 19.0 Å². The summed E-state index contributed by atoms with van der Waals surface area (Å²) in [6, 6.07) is 12.6. The van der Waals surface area contributed by atoms with Gasteiger partial charge in [-0.1, -0.05) is 12.1 Å². The van der Waals surface area contributed by atoms with Gasteiger partial charge in [0.05, 0.1) is 5.52 Å². The fourth-order valence-electron chi connectivity index (χ4n) is 2.32. The Hall–Kier alpha value is -3.02. The number of hydrogen-bond donors (Lipinski definition) is 1. The van der Waals surface area contributed by atoms with E-state index in [0.29, 0.717) is 27.3 Å². The average molecular weight is 296 g/mol. The summed E-state index contributed by atoms with van der Waals surface area (Å²) in [5.41, 5.74) is 3.23. The Kier molecular flexibility index (Phi) is 3.21. The van der Waals surface area contributed by atoms with Crippen LogP contribution in [0.5, 0.6) is 0 Å². The lowest BCUT2D eigenvalue weighted by Crippen LogP contribution is -2.08. The van der Waals surface area contributed by atoms with E-state index in [1.165, 1.54) is 0 Å². The van der Waals surface area contributed by atoms with Crippen molar-refractivity contribution in [2.24, 2.45) is 0 Å². The lowest BCUT2D eigenvalue weighted by molar-refractivity contribution is -0.349. The van der Waals surface area contributed by atoms with Gasteiger partial charge in [0, 0.05) is 37.5 Å². The molecule has 0 aliphatic carbocycles. The fourth-order valence-corrected chi connectivity index (χ4v) is 2.32. The Morgan fingerprint density at radius 3 is 2.68 bits per heavy atom. The number of nitrogens with zero attached hydrogens (tertiary/aromatic N) is 4. The highest BCUT2D eigenvalue weighted by atomic mass is 16.5. The number of fused-ring (bicyclic) bond motifs is 1. The van der Waals surface area contributed by atoms with Crippen LogP contribution in [0.2, 0.25) is 0 Å². The molecule has 3 rings (SSSR count). The zero-order chi connectivity index (χ0) is 15.9. The molecule has 0 unspecified atom stereocenters. The van der Waals surface area contributed by atoms with Crippen LogP contribution in [0, 0.1) is 5.21 Å². The van der Waals surface area contributed by atoms with Crippen LogP contribution in [0.15, 0.2) is 42.5 Å². The molecular weight excluding hydrogens is 280 g/mol. The van der Waals surface area contributed by atoms with Gasteiger partial charge < -0.3 is 15.3 Å². The highest BCUT2D eigenvalue weighted by Gasteiger charge is 2.14. The molecule has 1 aromatic heterocycles. The summed E-state index contributed by atoms with van der Waals surface area (Å²) in [5, 5.41) is 21.7. The molecule has 0 aliphatic heterocycles. The minimum absolute atomic E-state index is 0.358. The molecule has 6 nitrogen and oxygen atoms in total. The van der Waals surface area contributed by atoms with Crippen molar-refractivity contribution in [2.45, 2.75) is 0 Å². The molecule has 0 saturated heterocycles. The molecular formula is C16H16N4O2. The van der Waals surface area contributed by atoms with Gasteiger partial charge in [0.1, 0.15) is 12.2 Å². The van der Waals surface area contributed by atoms with Crippen LogP contribution in [-0.2, 0) is 0 Å². The predicted molar refractivity (Wildman–Crippen MR) is 87.1 cm³/mol. The van der Waals surface area contributed by atoms with E-state index in [2.05, 4.69) is 11.7 Å². The molecule has 0 bridgehead atoms. The third-order valence-electron chi connectivity index (χ3n) is 3.52. The number of hydrogen-bond acceptors (Lipinski definition) is 4. The summed E-state index contributed by atoms with van der Waals surface area (Å²) in [5.74, 6) is 0.428. The van der Waals surface area contributed by atoms with Crippen LogP contribution < -0.4 is 4.90 Å². The van der Waals surface area contributed by atoms with Gasteiger partial charge in [0.2, 0.25) is 5.69 Å². The fraction of sp³-hybridized carbons (Fsp3) is 0.125. The van der Waals surface area contributed by atoms with Crippen molar-refractivity contribution in [3.63, 3.8) is 0 Å². The SMILES string of the molecule is C=[N+]([O-])c1ccc2nc(-c3cccc(N(C)C)c3)n(O)c2c1. The van der Waals surface area contributed by atoms with E-state index >= 15 is 0 Å². The molecule has 22 heavy (non-hydrogen) atoms. The van der Waals surface area contributed by atoms with Gasteiger partial charge in [-0.05, 0) is 18.2 Å². The Morgan fingerprint density at radius 1 is 1.23 bits per heavy atom. The molecule has 0 radical (unpaired) electrons. The predicted octanol–water partition coefficient (Wildman–Crippen LogP) is 2.85. The third kappa shape index (κ3) is 2.24. The van der Waals surface area contributed by atoms with Gasteiger partial charge in [0.25, 0.3) is 0 Å². The molecule has 1 heterocycles. The first-order valence-electron chi connectivity index (χ1n) is 6.74. The van der Waals surface area contributed by atoms with Crippen molar-refractivity contribution >= 4 is 29.1 Å². The maximum atomic E-state index is 11.3. The molecule has 2 aromatic carbocycles. The first kappa shape index (κ1) is 13.9. The highest BCUT2D eigenvalue weighted by molar-refractivity contribution is 5.82. The van der Waals surface area contributed by atoms with Crippen molar-refractivity contribution in [1.29, 1.82) is 0 Å². The summed E-state index contributed by atoms with van der Waals surface area (Å²) in [6.07, 6.45) is 0. The third-order valence-corrected chi connectivity index (χ3v) is 3.52. The second kappa shape index (κ2) is 5.07. The molecule has 112 valence electrons. The van der Waals surface area contributed by atoms with Gasteiger partial charge in [-0.15, -0.1) is 0 Å². The zero-order valence-corrected chi connectivity index (χ0v) is 12.4. The van der Waals surface area contributed by atoms with E-state index < -0.39 is 0 Å². The average Bonchev–Trinajstić information content (AvgIpc) is 2.84. The molecule has 0 amide bonds. The summed E-state index contributed by atoms with van der Waals surface area (Å²) < 4.78 is 1.50. The number of benzene rings is 2. The second-order valence-electron chi connectivity index (χ2n) is 5.24. The maximum Gasteiger partial charge on any atom is 0.218 e. The topological polar surface area (TPSA) is 67.4 Å². The van der Waals surface area contributed by atoms with E-state index in [-0.39, 0.29) is 0 Å².